The molecular formula is C21H38N2O5. The molecular weight excluding hydrogens is 360 g/mol. The van der Waals surface area contributed by atoms with Gasteiger partial charge in [0.15, 0.2) is 0 Å². The number of carbonyl (C=O) groups excluding carboxylic acids is 3. The fourth-order valence-electron chi connectivity index (χ4n) is 3.79. The van der Waals surface area contributed by atoms with E-state index in [1.807, 2.05) is 6.92 Å². The SMILES string of the molecule is CCCC(CCCCCCC(=O)OCC)CC(O)CCC1(C)NC(=O)NC1=O. The van der Waals surface area contributed by atoms with Crippen LogP contribution >= 0.6 is 0 Å². The summed E-state index contributed by atoms with van der Waals surface area (Å²) in [6.07, 6.45) is 8.96. The lowest BCUT2D eigenvalue weighted by Gasteiger charge is -2.24. The molecule has 1 rings (SSSR count). The van der Waals surface area contributed by atoms with Crippen LogP contribution in [-0.4, -0.2) is 41.3 Å². The molecule has 0 saturated carbocycles. The van der Waals surface area contributed by atoms with E-state index < -0.39 is 17.7 Å². The molecule has 3 unspecified atom stereocenters. The van der Waals surface area contributed by atoms with Gasteiger partial charge in [0.25, 0.3) is 5.91 Å². The maximum absolute atomic E-state index is 11.8. The zero-order chi connectivity index (χ0) is 21.0. The lowest BCUT2D eigenvalue weighted by Crippen LogP contribution is -2.44. The van der Waals surface area contributed by atoms with Crippen LogP contribution in [0.15, 0.2) is 0 Å². The Hall–Kier alpha value is -1.63. The van der Waals surface area contributed by atoms with Crippen LogP contribution in [0.25, 0.3) is 0 Å². The largest absolute Gasteiger partial charge is 0.466 e. The number of amides is 3. The number of esters is 1. The monoisotopic (exact) mass is 398 g/mol. The normalized spacial score (nSPS) is 21.1. The lowest BCUT2D eigenvalue weighted by molar-refractivity contribution is -0.143. The smallest absolute Gasteiger partial charge is 0.322 e. The summed E-state index contributed by atoms with van der Waals surface area (Å²) in [6, 6.07) is -0.464. The van der Waals surface area contributed by atoms with Crippen molar-refractivity contribution in [2.45, 2.75) is 103 Å². The summed E-state index contributed by atoms with van der Waals surface area (Å²) < 4.78 is 4.93. The third-order valence-corrected chi connectivity index (χ3v) is 5.45. The molecule has 3 amide bonds. The van der Waals surface area contributed by atoms with Gasteiger partial charge >= 0.3 is 12.0 Å². The van der Waals surface area contributed by atoms with Crippen LogP contribution in [0.4, 0.5) is 4.79 Å². The fourth-order valence-corrected chi connectivity index (χ4v) is 3.79. The van der Waals surface area contributed by atoms with Gasteiger partial charge in [-0.15, -0.1) is 0 Å². The summed E-state index contributed by atoms with van der Waals surface area (Å²) in [5.41, 5.74) is -0.919. The Morgan fingerprint density at radius 3 is 2.43 bits per heavy atom. The van der Waals surface area contributed by atoms with Gasteiger partial charge in [-0.3, -0.25) is 14.9 Å². The van der Waals surface area contributed by atoms with Gasteiger partial charge in [0, 0.05) is 6.42 Å². The number of imide groups is 1. The van der Waals surface area contributed by atoms with Crippen LogP contribution in [-0.2, 0) is 14.3 Å². The summed E-state index contributed by atoms with van der Waals surface area (Å²) in [4.78, 5) is 34.5. The summed E-state index contributed by atoms with van der Waals surface area (Å²) >= 11 is 0. The number of nitrogens with one attached hydrogen (secondary N) is 2. The number of rotatable bonds is 15. The van der Waals surface area contributed by atoms with Crippen molar-refractivity contribution >= 4 is 17.9 Å². The van der Waals surface area contributed by atoms with E-state index in [1.54, 1.807) is 6.92 Å². The minimum atomic E-state index is -0.919. The molecule has 3 N–H and O–H groups in total. The van der Waals surface area contributed by atoms with E-state index in [9.17, 15) is 19.5 Å². The molecule has 0 aliphatic carbocycles. The number of carbonyl (C=O) groups is 3. The molecule has 0 bridgehead atoms. The van der Waals surface area contributed by atoms with Crippen molar-refractivity contribution in [3.8, 4) is 0 Å². The van der Waals surface area contributed by atoms with Gasteiger partial charge in [-0.05, 0) is 45.4 Å². The third kappa shape index (κ3) is 9.04. The zero-order valence-corrected chi connectivity index (χ0v) is 17.7. The maximum Gasteiger partial charge on any atom is 0.322 e. The average Bonchev–Trinajstić information content (AvgIpc) is 2.88. The topological polar surface area (TPSA) is 105 Å². The Balaban J connectivity index is 2.24. The van der Waals surface area contributed by atoms with Crippen molar-refractivity contribution < 1.29 is 24.2 Å². The highest BCUT2D eigenvalue weighted by atomic mass is 16.5. The predicted molar refractivity (Wildman–Crippen MR) is 108 cm³/mol. The van der Waals surface area contributed by atoms with Crippen LogP contribution < -0.4 is 10.6 Å². The van der Waals surface area contributed by atoms with Crippen LogP contribution in [0.5, 0.6) is 0 Å². The first kappa shape index (κ1) is 24.4. The Kier molecular flexibility index (Phi) is 11.1. The summed E-state index contributed by atoms with van der Waals surface area (Å²) in [6.45, 7) is 6.10. The highest BCUT2D eigenvalue weighted by molar-refractivity contribution is 6.06. The first-order valence-corrected chi connectivity index (χ1v) is 10.8. The van der Waals surface area contributed by atoms with Crippen molar-refractivity contribution in [1.29, 1.82) is 0 Å². The van der Waals surface area contributed by atoms with Gasteiger partial charge < -0.3 is 15.2 Å². The van der Waals surface area contributed by atoms with Gasteiger partial charge in [0.05, 0.1) is 12.7 Å². The number of hydrogen-bond acceptors (Lipinski definition) is 5. The molecule has 7 nitrogen and oxygen atoms in total. The lowest BCUT2D eigenvalue weighted by atomic mass is 9.87. The van der Waals surface area contributed by atoms with Crippen molar-refractivity contribution in [2.75, 3.05) is 6.61 Å². The van der Waals surface area contributed by atoms with Gasteiger partial charge in [0.2, 0.25) is 0 Å². The van der Waals surface area contributed by atoms with Gasteiger partial charge in [-0.2, -0.15) is 0 Å². The van der Waals surface area contributed by atoms with E-state index in [0.29, 0.717) is 31.8 Å². The number of hydrogen-bond donors (Lipinski definition) is 3. The Morgan fingerprint density at radius 2 is 1.82 bits per heavy atom. The standard InChI is InChI=1S/C21H38N2O5/c1-4-10-16(11-8-6-7-9-12-18(25)28-5-2)15-17(24)13-14-21(3)19(26)22-20(27)23-21/h16-17,24H,4-15H2,1-3H3,(H2,22,23,26,27). The number of ether oxygens (including phenoxy) is 1. The maximum atomic E-state index is 11.8. The molecule has 28 heavy (non-hydrogen) atoms. The molecule has 0 aromatic rings. The number of urea groups is 1. The number of aliphatic hydroxyl groups is 1. The van der Waals surface area contributed by atoms with Crippen molar-refractivity contribution in [3.63, 3.8) is 0 Å². The van der Waals surface area contributed by atoms with E-state index in [2.05, 4.69) is 17.6 Å². The summed E-state index contributed by atoms with van der Waals surface area (Å²) in [7, 11) is 0. The summed E-state index contributed by atoms with van der Waals surface area (Å²) in [5.74, 6) is 0.0257. The molecule has 1 heterocycles. The minimum absolute atomic E-state index is 0.115. The van der Waals surface area contributed by atoms with Crippen LogP contribution in [0.1, 0.15) is 91.4 Å². The predicted octanol–water partition coefficient (Wildman–Crippen LogP) is 3.44. The first-order chi connectivity index (χ1) is 13.3. The molecule has 0 spiro atoms. The zero-order valence-electron chi connectivity index (χ0n) is 17.7. The quantitative estimate of drug-likeness (QED) is 0.223. The average molecular weight is 399 g/mol. The molecule has 162 valence electrons. The number of aliphatic hydroxyl groups excluding tert-OH is 1. The second kappa shape index (κ2) is 12.8. The molecule has 0 aromatic carbocycles. The van der Waals surface area contributed by atoms with E-state index in [4.69, 9.17) is 4.74 Å². The van der Waals surface area contributed by atoms with Gasteiger partial charge in [0.1, 0.15) is 5.54 Å². The Bertz CT molecular complexity index is 511. The van der Waals surface area contributed by atoms with Crippen LogP contribution in [0.2, 0.25) is 0 Å². The molecule has 3 atom stereocenters. The van der Waals surface area contributed by atoms with E-state index >= 15 is 0 Å². The fraction of sp³-hybridized carbons (Fsp3) is 0.857. The molecule has 0 radical (unpaired) electrons. The first-order valence-electron chi connectivity index (χ1n) is 10.8. The Labute approximate surface area is 169 Å². The van der Waals surface area contributed by atoms with Crippen molar-refractivity contribution in [2.24, 2.45) is 5.92 Å². The van der Waals surface area contributed by atoms with Crippen molar-refractivity contribution in [3.05, 3.63) is 0 Å². The van der Waals surface area contributed by atoms with E-state index in [1.165, 1.54) is 0 Å². The number of unbranched alkanes of at least 4 members (excludes halogenated alkanes) is 3. The Morgan fingerprint density at radius 1 is 1.11 bits per heavy atom. The molecule has 1 aliphatic heterocycles. The van der Waals surface area contributed by atoms with Crippen LogP contribution in [0, 0.1) is 5.92 Å². The molecule has 1 fully saturated rings. The second-order valence-electron chi connectivity index (χ2n) is 8.08. The summed E-state index contributed by atoms with van der Waals surface area (Å²) in [5, 5.41) is 15.3. The molecule has 1 aliphatic rings. The van der Waals surface area contributed by atoms with E-state index in [-0.39, 0.29) is 11.9 Å². The molecule has 1 saturated heterocycles. The molecule has 0 aromatic heterocycles. The third-order valence-electron chi connectivity index (χ3n) is 5.45. The van der Waals surface area contributed by atoms with Gasteiger partial charge in [-0.25, -0.2) is 4.79 Å². The minimum Gasteiger partial charge on any atom is -0.466 e. The molecule has 7 heteroatoms. The second-order valence-corrected chi connectivity index (χ2v) is 8.08. The van der Waals surface area contributed by atoms with E-state index in [0.717, 1.165) is 51.4 Å². The highest BCUT2D eigenvalue weighted by Crippen LogP contribution is 2.25. The van der Waals surface area contributed by atoms with Crippen LogP contribution in [0.3, 0.4) is 0 Å². The van der Waals surface area contributed by atoms with Gasteiger partial charge in [-0.1, -0.05) is 45.4 Å². The van der Waals surface area contributed by atoms with Crippen molar-refractivity contribution in [1.82, 2.24) is 10.6 Å². The highest BCUT2D eigenvalue weighted by Gasteiger charge is 2.41.